The van der Waals surface area contributed by atoms with Crippen LogP contribution in [0, 0.1) is 12.7 Å². The number of benzene rings is 1. The van der Waals surface area contributed by atoms with E-state index in [9.17, 15) is 4.39 Å². The molecular formula is C15H14ClFN2S. The monoisotopic (exact) mass is 308 g/mol. The number of pyridine rings is 1. The highest BCUT2D eigenvalue weighted by molar-refractivity contribution is 7.99. The van der Waals surface area contributed by atoms with Crippen molar-refractivity contribution in [3.8, 4) is 0 Å². The summed E-state index contributed by atoms with van der Waals surface area (Å²) in [5.41, 5.74) is 2.87. The quantitative estimate of drug-likeness (QED) is 0.804. The van der Waals surface area contributed by atoms with Gasteiger partial charge >= 0.3 is 0 Å². The molecule has 0 bridgehead atoms. The van der Waals surface area contributed by atoms with Gasteiger partial charge in [0.2, 0.25) is 0 Å². The Morgan fingerprint density at radius 1 is 1.45 bits per heavy atom. The molecule has 0 radical (unpaired) electrons. The second-order valence-corrected chi connectivity index (χ2v) is 6.29. The minimum absolute atomic E-state index is 0.115. The van der Waals surface area contributed by atoms with Crippen LogP contribution in [0.2, 0.25) is 5.15 Å². The first-order valence-electron chi connectivity index (χ1n) is 6.45. The molecule has 0 saturated heterocycles. The van der Waals surface area contributed by atoms with Gasteiger partial charge in [-0.05, 0) is 36.6 Å². The average Bonchev–Trinajstić information content (AvgIpc) is 2.44. The molecule has 0 fully saturated rings. The van der Waals surface area contributed by atoms with Crippen LogP contribution in [0.4, 0.5) is 10.1 Å². The van der Waals surface area contributed by atoms with Crippen LogP contribution in [0.5, 0.6) is 0 Å². The average molecular weight is 309 g/mol. The lowest BCUT2D eigenvalue weighted by Gasteiger charge is -2.27. The molecule has 1 atom stereocenters. The van der Waals surface area contributed by atoms with E-state index in [-0.39, 0.29) is 11.9 Å². The molecule has 5 heteroatoms. The first-order valence-corrected chi connectivity index (χ1v) is 7.81. The Hall–Kier alpha value is -1.26. The molecule has 1 unspecified atom stereocenters. The Balaban J connectivity index is 1.89. The summed E-state index contributed by atoms with van der Waals surface area (Å²) in [6.07, 6.45) is 2.68. The fourth-order valence-corrected chi connectivity index (χ4v) is 3.62. The molecule has 20 heavy (non-hydrogen) atoms. The largest absolute Gasteiger partial charge is 0.377 e. The maximum Gasteiger partial charge on any atom is 0.137 e. The third-order valence-electron chi connectivity index (χ3n) is 3.38. The third kappa shape index (κ3) is 2.63. The number of nitrogens with one attached hydrogen (secondary N) is 1. The van der Waals surface area contributed by atoms with Crippen LogP contribution >= 0.6 is 23.4 Å². The van der Waals surface area contributed by atoms with E-state index in [0.29, 0.717) is 5.15 Å². The zero-order valence-electron chi connectivity index (χ0n) is 11.0. The molecule has 2 aromatic rings. The van der Waals surface area contributed by atoms with Crippen molar-refractivity contribution in [1.29, 1.82) is 0 Å². The summed E-state index contributed by atoms with van der Waals surface area (Å²) >= 11 is 7.52. The number of halogens is 2. The van der Waals surface area contributed by atoms with Crippen LogP contribution in [-0.4, -0.2) is 10.7 Å². The van der Waals surface area contributed by atoms with E-state index in [1.807, 2.05) is 19.1 Å². The summed E-state index contributed by atoms with van der Waals surface area (Å²) < 4.78 is 13.8. The molecule has 2 heterocycles. The predicted molar refractivity (Wildman–Crippen MR) is 82.1 cm³/mol. The summed E-state index contributed by atoms with van der Waals surface area (Å²) in [6.45, 7) is 1.92. The summed E-state index contributed by atoms with van der Waals surface area (Å²) in [7, 11) is 0. The van der Waals surface area contributed by atoms with Gasteiger partial charge in [-0.25, -0.2) is 9.37 Å². The Labute approximate surface area is 126 Å². The molecule has 0 amide bonds. The third-order valence-corrected chi connectivity index (χ3v) is 4.94. The van der Waals surface area contributed by atoms with E-state index in [1.165, 1.54) is 6.07 Å². The van der Waals surface area contributed by atoms with Gasteiger partial charge in [0.05, 0.1) is 17.9 Å². The number of nitrogens with zero attached hydrogens (tertiary/aromatic N) is 1. The minimum Gasteiger partial charge on any atom is -0.377 e. The van der Waals surface area contributed by atoms with Crippen molar-refractivity contribution < 1.29 is 4.39 Å². The van der Waals surface area contributed by atoms with Gasteiger partial charge in [-0.1, -0.05) is 23.7 Å². The van der Waals surface area contributed by atoms with Gasteiger partial charge < -0.3 is 5.32 Å². The van der Waals surface area contributed by atoms with Crippen LogP contribution in [0.3, 0.4) is 0 Å². The SMILES string of the molecule is Cc1cc(NC2CCSc3c(F)cccc32)cnc1Cl. The van der Waals surface area contributed by atoms with Gasteiger partial charge in [-0.3, -0.25) is 0 Å². The van der Waals surface area contributed by atoms with Crippen molar-refractivity contribution in [1.82, 2.24) is 4.98 Å². The van der Waals surface area contributed by atoms with Crippen molar-refractivity contribution in [2.45, 2.75) is 24.3 Å². The highest BCUT2D eigenvalue weighted by Gasteiger charge is 2.23. The van der Waals surface area contributed by atoms with Crippen molar-refractivity contribution >= 4 is 29.1 Å². The second-order valence-electron chi connectivity index (χ2n) is 4.82. The Morgan fingerprint density at radius 3 is 3.10 bits per heavy atom. The lowest BCUT2D eigenvalue weighted by Crippen LogP contribution is -2.17. The number of hydrogen-bond donors (Lipinski definition) is 1. The number of thioether (sulfide) groups is 1. The minimum atomic E-state index is -0.135. The second kappa shape index (κ2) is 5.62. The van der Waals surface area contributed by atoms with Gasteiger partial charge in [-0.2, -0.15) is 0 Å². The Morgan fingerprint density at radius 2 is 2.30 bits per heavy atom. The molecule has 1 N–H and O–H groups in total. The maximum absolute atomic E-state index is 13.8. The van der Waals surface area contributed by atoms with Crippen molar-refractivity contribution in [3.05, 3.63) is 52.6 Å². The Kier molecular flexibility index (Phi) is 3.85. The molecule has 2 nitrogen and oxygen atoms in total. The van der Waals surface area contributed by atoms with Crippen molar-refractivity contribution in [2.24, 2.45) is 0 Å². The van der Waals surface area contributed by atoms with E-state index in [4.69, 9.17) is 11.6 Å². The zero-order chi connectivity index (χ0) is 14.1. The number of aryl methyl sites for hydroxylation is 1. The van der Waals surface area contributed by atoms with Crippen LogP contribution in [0.25, 0.3) is 0 Å². The highest BCUT2D eigenvalue weighted by atomic mass is 35.5. The number of aromatic nitrogens is 1. The van der Waals surface area contributed by atoms with Gasteiger partial charge in [0.25, 0.3) is 0 Å². The lowest BCUT2D eigenvalue weighted by molar-refractivity contribution is 0.585. The van der Waals surface area contributed by atoms with Crippen LogP contribution in [-0.2, 0) is 0 Å². The normalized spacial score (nSPS) is 17.6. The molecule has 0 aliphatic carbocycles. The summed E-state index contributed by atoms with van der Waals surface area (Å²) in [4.78, 5) is 4.90. The summed E-state index contributed by atoms with van der Waals surface area (Å²) in [5.74, 6) is 0.774. The topological polar surface area (TPSA) is 24.9 Å². The van der Waals surface area contributed by atoms with Crippen LogP contribution < -0.4 is 5.32 Å². The first-order chi connectivity index (χ1) is 9.65. The number of anilines is 1. The van der Waals surface area contributed by atoms with E-state index >= 15 is 0 Å². The van der Waals surface area contributed by atoms with E-state index in [2.05, 4.69) is 10.3 Å². The molecule has 3 rings (SSSR count). The van der Waals surface area contributed by atoms with Gasteiger partial charge in [0.15, 0.2) is 0 Å². The number of rotatable bonds is 2. The zero-order valence-corrected chi connectivity index (χ0v) is 12.6. The maximum atomic E-state index is 13.8. The summed E-state index contributed by atoms with van der Waals surface area (Å²) in [6, 6.07) is 7.35. The van der Waals surface area contributed by atoms with E-state index in [0.717, 1.165) is 33.9 Å². The van der Waals surface area contributed by atoms with Gasteiger partial charge in [-0.15, -0.1) is 11.8 Å². The Bertz CT molecular complexity index is 648. The molecule has 0 saturated carbocycles. The number of hydrogen-bond acceptors (Lipinski definition) is 3. The molecule has 1 aliphatic rings. The highest BCUT2D eigenvalue weighted by Crippen LogP contribution is 2.39. The first kappa shape index (κ1) is 13.7. The molecule has 1 aromatic heterocycles. The lowest BCUT2D eigenvalue weighted by atomic mass is 10.0. The van der Waals surface area contributed by atoms with E-state index in [1.54, 1.807) is 24.0 Å². The number of fused-ring (bicyclic) bond motifs is 1. The van der Waals surface area contributed by atoms with Gasteiger partial charge in [0, 0.05) is 10.6 Å². The molecule has 0 spiro atoms. The predicted octanol–water partition coefficient (Wildman–Crippen LogP) is 4.83. The van der Waals surface area contributed by atoms with E-state index < -0.39 is 0 Å². The van der Waals surface area contributed by atoms with Gasteiger partial charge in [0.1, 0.15) is 11.0 Å². The molecule has 1 aromatic carbocycles. The van der Waals surface area contributed by atoms with Crippen molar-refractivity contribution in [3.63, 3.8) is 0 Å². The summed E-state index contributed by atoms with van der Waals surface area (Å²) in [5, 5.41) is 3.95. The van der Waals surface area contributed by atoms with Crippen molar-refractivity contribution in [2.75, 3.05) is 11.1 Å². The van der Waals surface area contributed by atoms with Crippen LogP contribution in [0.1, 0.15) is 23.6 Å². The molecule has 1 aliphatic heterocycles. The fourth-order valence-electron chi connectivity index (χ4n) is 2.37. The fraction of sp³-hybridized carbons (Fsp3) is 0.267. The molecule has 104 valence electrons. The standard InChI is InChI=1S/C15H14ClFN2S/c1-9-7-10(8-18-15(9)16)19-13-5-6-20-14-11(13)3-2-4-12(14)17/h2-4,7-8,13,19H,5-6H2,1H3. The smallest absolute Gasteiger partial charge is 0.137 e. The molecular weight excluding hydrogens is 295 g/mol. The van der Waals surface area contributed by atoms with Crippen LogP contribution in [0.15, 0.2) is 35.4 Å².